The molecule has 0 bridgehead atoms. The van der Waals surface area contributed by atoms with Gasteiger partial charge in [-0.15, -0.1) is 0 Å². The number of aldehydes is 1. The van der Waals surface area contributed by atoms with E-state index in [1.807, 2.05) is 30.3 Å². The second-order valence-electron chi connectivity index (χ2n) is 6.04. The molecule has 0 fully saturated rings. The number of rotatable bonds is 6. The molecular weight excluding hydrogens is 369 g/mol. The highest BCUT2D eigenvalue weighted by Crippen LogP contribution is 2.44. The molecular formula is C22H17F3O3. The van der Waals surface area contributed by atoms with Crippen LogP contribution in [-0.4, -0.2) is 13.4 Å². The van der Waals surface area contributed by atoms with Crippen LogP contribution in [0, 0.1) is 0 Å². The van der Waals surface area contributed by atoms with Crippen LogP contribution >= 0.6 is 0 Å². The first-order valence-corrected chi connectivity index (χ1v) is 8.44. The van der Waals surface area contributed by atoms with E-state index in [1.165, 1.54) is 37.4 Å². The summed E-state index contributed by atoms with van der Waals surface area (Å²) in [6.45, 7) is 0.138. The van der Waals surface area contributed by atoms with Crippen molar-refractivity contribution < 1.29 is 27.4 Å². The van der Waals surface area contributed by atoms with Gasteiger partial charge in [0.1, 0.15) is 12.9 Å². The van der Waals surface area contributed by atoms with Crippen molar-refractivity contribution in [3.05, 3.63) is 83.4 Å². The molecule has 3 aromatic rings. The van der Waals surface area contributed by atoms with Gasteiger partial charge in [-0.1, -0.05) is 48.5 Å². The number of ether oxygens (including phenoxy) is 2. The molecule has 0 amide bonds. The third-order valence-electron chi connectivity index (χ3n) is 4.18. The maximum atomic E-state index is 13.5. The molecule has 0 spiro atoms. The molecule has 0 radical (unpaired) electrons. The molecule has 0 N–H and O–H groups in total. The monoisotopic (exact) mass is 386 g/mol. The van der Waals surface area contributed by atoms with Crippen molar-refractivity contribution in [3.63, 3.8) is 0 Å². The van der Waals surface area contributed by atoms with Gasteiger partial charge in [-0.3, -0.25) is 4.79 Å². The maximum Gasteiger partial charge on any atom is 0.417 e. The summed E-state index contributed by atoms with van der Waals surface area (Å²) in [4.78, 5) is 11.3. The normalized spacial score (nSPS) is 11.1. The van der Waals surface area contributed by atoms with E-state index in [1.54, 1.807) is 0 Å². The fourth-order valence-corrected chi connectivity index (χ4v) is 2.89. The third-order valence-corrected chi connectivity index (χ3v) is 4.18. The Morgan fingerprint density at radius 3 is 2.25 bits per heavy atom. The molecule has 0 unspecified atom stereocenters. The summed E-state index contributed by atoms with van der Waals surface area (Å²) >= 11 is 0. The lowest BCUT2D eigenvalue weighted by atomic mass is 9.96. The SMILES string of the molecule is COc1cc(C=O)cc(-c2ccccc2C(F)(F)F)c1OCc1ccccc1. The van der Waals surface area contributed by atoms with Crippen molar-refractivity contribution >= 4 is 6.29 Å². The minimum Gasteiger partial charge on any atom is -0.493 e. The molecule has 0 saturated heterocycles. The first kappa shape index (κ1) is 19.5. The number of halogens is 3. The highest BCUT2D eigenvalue weighted by molar-refractivity contribution is 5.85. The second kappa shape index (κ2) is 8.17. The number of methoxy groups -OCH3 is 1. The minimum absolute atomic E-state index is 0.0833. The lowest BCUT2D eigenvalue weighted by molar-refractivity contribution is -0.137. The van der Waals surface area contributed by atoms with Gasteiger partial charge in [0.15, 0.2) is 11.5 Å². The van der Waals surface area contributed by atoms with Crippen LogP contribution in [0.3, 0.4) is 0 Å². The first-order chi connectivity index (χ1) is 13.4. The molecule has 3 rings (SSSR count). The Labute approximate surface area is 160 Å². The molecule has 6 heteroatoms. The summed E-state index contributed by atoms with van der Waals surface area (Å²) in [6, 6.07) is 17.2. The number of benzene rings is 3. The van der Waals surface area contributed by atoms with Crippen molar-refractivity contribution in [2.75, 3.05) is 7.11 Å². The predicted octanol–water partition coefficient (Wildman–Crippen LogP) is 5.77. The number of hydrogen-bond acceptors (Lipinski definition) is 3. The van der Waals surface area contributed by atoms with E-state index in [-0.39, 0.29) is 34.8 Å². The third kappa shape index (κ3) is 4.17. The van der Waals surface area contributed by atoms with Crippen molar-refractivity contribution in [1.82, 2.24) is 0 Å². The topological polar surface area (TPSA) is 35.5 Å². The smallest absolute Gasteiger partial charge is 0.417 e. The number of alkyl halides is 3. The Hall–Kier alpha value is -3.28. The van der Waals surface area contributed by atoms with Gasteiger partial charge in [-0.25, -0.2) is 0 Å². The van der Waals surface area contributed by atoms with Crippen molar-refractivity contribution in [1.29, 1.82) is 0 Å². The van der Waals surface area contributed by atoms with Crippen LogP contribution in [0.1, 0.15) is 21.5 Å². The molecule has 0 atom stereocenters. The predicted molar refractivity (Wildman–Crippen MR) is 99.6 cm³/mol. The van der Waals surface area contributed by atoms with Crippen molar-refractivity contribution in [2.45, 2.75) is 12.8 Å². The second-order valence-corrected chi connectivity index (χ2v) is 6.04. The van der Waals surface area contributed by atoms with E-state index in [4.69, 9.17) is 9.47 Å². The molecule has 3 aromatic carbocycles. The van der Waals surface area contributed by atoms with Crippen LogP contribution in [0.15, 0.2) is 66.7 Å². The summed E-state index contributed by atoms with van der Waals surface area (Å²) in [5, 5.41) is 0. The summed E-state index contributed by atoms with van der Waals surface area (Å²) in [5.41, 5.74) is 0.282. The van der Waals surface area contributed by atoms with Crippen LogP contribution in [-0.2, 0) is 12.8 Å². The van der Waals surface area contributed by atoms with Gasteiger partial charge >= 0.3 is 6.18 Å². The fraction of sp³-hybridized carbons (Fsp3) is 0.136. The van der Waals surface area contributed by atoms with E-state index in [0.717, 1.165) is 11.6 Å². The highest BCUT2D eigenvalue weighted by Gasteiger charge is 2.34. The average Bonchev–Trinajstić information content (AvgIpc) is 2.71. The minimum atomic E-state index is -4.56. The molecule has 0 aromatic heterocycles. The lowest BCUT2D eigenvalue weighted by Gasteiger charge is -2.19. The van der Waals surface area contributed by atoms with E-state index < -0.39 is 11.7 Å². The van der Waals surface area contributed by atoms with Gasteiger partial charge in [0.2, 0.25) is 0 Å². The largest absolute Gasteiger partial charge is 0.493 e. The van der Waals surface area contributed by atoms with E-state index in [2.05, 4.69) is 0 Å². The Balaban J connectivity index is 2.15. The van der Waals surface area contributed by atoms with E-state index >= 15 is 0 Å². The van der Waals surface area contributed by atoms with Gasteiger partial charge in [0.05, 0.1) is 12.7 Å². The zero-order valence-electron chi connectivity index (χ0n) is 15.0. The maximum absolute atomic E-state index is 13.5. The molecule has 3 nitrogen and oxygen atoms in total. The van der Waals surface area contributed by atoms with Gasteiger partial charge in [0, 0.05) is 11.1 Å². The molecule has 28 heavy (non-hydrogen) atoms. The molecule has 0 heterocycles. The van der Waals surface area contributed by atoms with Crippen LogP contribution < -0.4 is 9.47 Å². The van der Waals surface area contributed by atoms with Crippen LogP contribution in [0.4, 0.5) is 13.2 Å². The number of carbonyl (C=O) groups excluding carboxylic acids is 1. The van der Waals surface area contributed by atoms with E-state index in [0.29, 0.717) is 6.29 Å². The lowest BCUT2D eigenvalue weighted by Crippen LogP contribution is -2.08. The Morgan fingerprint density at radius 2 is 1.61 bits per heavy atom. The Kier molecular flexibility index (Phi) is 5.68. The van der Waals surface area contributed by atoms with Gasteiger partial charge in [-0.05, 0) is 29.3 Å². The van der Waals surface area contributed by atoms with Gasteiger partial charge in [0.25, 0.3) is 0 Å². The molecule has 0 aliphatic heterocycles. The highest BCUT2D eigenvalue weighted by atomic mass is 19.4. The molecule has 144 valence electrons. The first-order valence-electron chi connectivity index (χ1n) is 8.44. The van der Waals surface area contributed by atoms with Crippen LogP contribution in [0.25, 0.3) is 11.1 Å². The summed E-state index contributed by atoms with van der Waals surface area (Å²) < 4.78 is 51.8. The zero-order valence-corrected chi connectivity index (χ0v) is 15.0. The zero-order chi connectivity index (χ0) is 20.1. The molecule has 0 aliphatic rings. The van der Waals surface area contributed by atoms with Crippen LogP contribution in [0.5, 0.6) is 11.5 Å². The summed E-state index contributed by atoms with van der Waals surface area (Å²) in [7, 11) is 1.37. The van der Waals surface area contributed by atoms with Crippen molar-refractivity contribution in [3.8, 4) is 22.6 Å². The Bertz CT molecular complexity index is 967. The number of hydrogen-bond donors (Lipinski definition) is 0. The van der Waals surface area contributed by atoms with Crippen LogP contribution in [0.2, 0.25) is 0 Å². The average molecular weight is 386 g/mol. The van der Waals surface area contributed by atoms with Gasteiger partial charge in [-0.2, -0.15) is 13.2 Å². The molecule has 0 saturated carbocycles. The summed E-state index contributed by atoms with van der Waals surface area (Å²) in [5.74, 6) is 0.334. The molecule has 0 aliphatic carbocycles. The Morgan fingerprint density at radius 1 is 0.929 bits per heavy atom. The fourth-order valence-electron chi connectivity index (χ4n) is 2.89. The summed E-state index contributed by atoms with van der Waals surface area (Å²) in [6.07, 6.45) is -4.00. The van der Waals surface area contributed by atoms with E-state index in [9.17, 15) is 18.0 Å². The standard InChI is InChI=1S/C22H17F3O3/c1-27-20-12-16(13-26)11-18(17-9-5-6-10-19(17)22(23,24)25)21(20)28-14-15-7-3-2-4-8-15/h2-13H,14H2,1H3. The van der Waals surface area contributed by atoms with Crippen molar-refractivity contribution in [2.24, 2.45) is 0 Å². The van der Waals surface area contributed by atoms with Gasteiger partial charge < -0.3 is 9.47 Å². The quantitative estimate of drug-likeness (QED) is 0.505. The number of carbonyl (C=O) groups is 1.